The molecule has 0 fully saturated rings. The average molecular weight is 273 g/mol. The van der Waals surface area contributed by atoms with Gasteiger partial charge in [0.2, 0.25) is 0 Å². The standard InChI is InChI=1S/C15H13ClN2O/c16-15-14-13(6-8-17-15)7-9-18(14)11-19-10-12-4-2-1-3-5-12/h1-9H,10-11H2. The molecule has 3 aromatic rings. The molecular formula is C15H13ClN2O. The molecule has 4 heteroatoms. The van der Waals surface area contributed by atoms with E-state index in [0.717, 1.165) is 16.5 Å². The zero-order valence-electron chi connectivity index (χ0n) is 10.3. The first-order valence-electron chi connectivity index (χ1n) is 6.05. The molecule has 1 aromatic carbocycles. The van der Waals surface area contributed by atoms with Crippen LogP contribution in [0.5, 0.6) is 0 Å². The summed E-state index contributed by atoms with van der Waals surface area (Å²) in [5, 5.41) is 1.58. The van der Waals surface area contributed by atoms with Gasteiger partial charge in [-0.15, -0.1) is 0 Å². The third kappa shape index (κ3) is 2.62. The summed E-state index contributed by atoms with van der Waals surface area (Å²) in [5.41, 5.74) is 2.07. The van der Waals surface area contributed by atoms with Crippen LogP contribution in [-0.4, -0.2) is 9.55 Å². The molecular weight excluding hydrogens is 260 g/mol. The van der Waals surface area contributed by atoms with E-state index in [4.69, 9.17) is 16.3 Å². The molecule has 0 atom stereocenters. The maximum absolute atomic E-state index is 6.11. The number of nitrogens with zero attached hydrogens (tertiary/aromatic N) is 2. The second-order valence-electron chi connectivity index (χ2n) is 4.29. The normalized spacial score (nSPS) is 11.0. The Labute approximate surface area is 116 Å². The number of pyridine rings is 1. The summed E-state index contributed by atoms with van der Waals surface area (Å²) in [6.07, 6.45) is 3.67. The lowest BCUT2D eigenvalue weighted by Gasteiger charge is -2.07. The van der Waals surface area contributed by atoms with E-state index in [9.17, 15) is 0 Å². The number of hydrogen-bond donors (Lipinski definition) is 0. The van der Waals surface area contributed by atoms with Crippen molar-refractivity contribution in [3.8, 4) is 0 Å². The fraction of sp³-hybridized carbons (Fsp3) is 0.133. The molecule has 2 aromatic heterocycles. The molecule has 0 amide bonds. The van der Waals surface area contributed by atoms with E-state index in [0.29, 0.717) is 18.5 Å². The lowest BCUT2D eigenvalue weighted by molar-refractivity contribution is 0.0668. The van der Waals surface area contributed by atoms with E-state index in [-0.39, 0.29) is 0 Å². The van der Waals surface area contributed by atoms with Crippen LogP contribution in [0, 0.1) is 0 Å². The minimum atomic E-state index is 0.462. The first kappa shape index (κ1) is 12.2. The predicted molar refractivity (Wildman–Crippen MR) is 76.0 cm³/mol. The van der Waals surface area contributed by atoms with E-state index in [1.54, 1.807) is 6.20 Å². The smallest absolute Gasteiger partial charge is 0.153 e. The lowest BCUT2D eigenvalue weighted by Crippen LogP contribution is -2.01. The van der Waals surface area contributed by atoms with Gasteiger partial charge in [0.1, 0.15) is 6.73 Å². The van der Waals surface area contributed by atoms with E-state index in [2.05, 4.69) is 4.98 Å². The van der Waals surface area contributed by atoms with Gasteiger partial charge in [0.15, 0.2) is 5.15 Å². The second kappa shape index (κ2) is 5.43. The Bertz CT molecular complexity index is 679. The fourth-order valence-corrected chi connectivity index (χ4v) is 2.32. The highest BCUT2D eigenvalue weighted by Crippen LogP contribution is 2.22. The van der Waals surface area contributed by atoms with Crippen LogP contribution in [0.15, 0.2) is 54.9 Å². The minimum Gasteiger partial charge on any atom is -0.356 e. The molecule has 0 aliphatic rings. The Hall–Kier alpha value is -1.84. The van der Waals surface area contributed by atoms with Gasteiger partial charge in [-0.25, -0.2) is 4.98 Å². The Morgan fingerprint density at radius 3 is 2.79 bits per heavy atom. The van der Waals surface area contributed by atoms with Crippen LogP contribution in [0.4, 0.5) is 0 Å². The van der Waals surface area contributed by atoms with Gasteiger partial charge in [-0.2, -0.15) is 0 Å². The summed E-state index contributed by atoms with van der Waals surface area (Å²) in [6, 6.07) is 14.0. The van der Waals surface area contributed by atoms with Gasteiger partial charge in [0, 0.05) is 17.8 Å². The van der Waals surface area contributed by atoms with E-state index in [1.165, 1.54) is 0 Å². The summed E-state index contributed by atoms with van der Waals surface area (Å²) in [7, 11) is 0. The SMILES string of the molecule is Clc1nccc2ccn(COCc3ccccc3)c12. The number of rotatable bonds is 4. The van der Waals surface area contributed by atoms with Gasteiger partial charge in [-0.1, -0.05) is 41.9 Å². The molecule has 0 saturated carbocycles. The number of fused-ring (bicyclic) bond motifs is 1. The molecule has 0 spiro atoms. The molecule has 19 heavy (non-hydrogen) atoms. The van der Waals surface area contributed by atoms with Crippen LogP contribution in [0.1, 0.15) is 5.56 Å². The van der Waals surface area contributed by atoms with Crippen LogP contribution in [0.2, 0.25) is 5.15 Å². The van der Waals surface area contributed by atoms with Crippen molar-refractivity contribution in [2.24, 2.45) is 0 Å². The summed E-state index contributed by atoms with van der Waals surface area (Å²) >= 11 is 6.11. The van der Waals surface area contributed by atoms with Crippen LogP contribution < -0.4 is 0 Å². The van der Waals surface area contributed by atoms with E-state index < -0.39 is 0 Å². The Morgan fingerprint density at radius 1 is 1.11 bits per heavy atom. The molecule has 96 valence electrons. The molecule has 0 saturated heterocycles. The molecule has 0 N–H and O–H groups in total. The van der Waals surface area contributed by atoms with Gasteiger partial charge >= 0.3 is 0 Å². The number of hydrogen-bond acceptors (Lipinski definition) is 2. The molecule has 0 radical (unpaired) electrons. The maximum atomic E-state index is 6.11. The van der Waals surface area contributed by atoms with Crippen molar-refractivity contribution in [3.63, 3.8) is 0 Å². The van der Waals surface area contributed by atoms with Crippen molar-refractivity contribution >= 4 is 22.5 Å². The van der Waals surface area contributed by atoms with Gasteiger partial charge < -0.3 is 9.30 Å². The summed E-state index contributed by atoms with van der Waals surface area (Å²) < 4.78 is 7.67. The monoisotopic (exact) mass is 272 g/mol. The average Bonchev–Trinajstić information content (AvgIpc) is 2.85. The lowest BCUT2D eigenvalue weighted by atomic mass is 10.2. The summed E-state index contributed by atoms with van der Waals surface area (Å²) in [6.45, 7) is 1.04. The second-order valence-corrected chi connectivity index (χ2v) is 4.65. The Balaban J connectivity index is 1.72. The molecule has 0 unspecified atom stereocenters. The minimum absolute atomic E-state index is 0.462. The highest BCUT2D eigenvalue weighted by molar-refractivity contribution is 6.33. The van der Waals surface area contributed by atoms with E-state index >= 15 is 0 Å². The number of aromatic nitrogens is 2. The third-order valence-electron chi connectivity index (χ3n) is 2.97. The number of ether oxygens (including phenoxy) is 1. The first-order valence-corrected chi connectivity index (χ1v) is 6.43. The van der Waals surface area contributed by atoms with Gasteiger partial charge in [0.25, 0.3) is 0 Å². The van der Waals surface area contributed by atoms with Crippen LogP contribution in [0.3, 0.4) is 0 Å². The topological polar surface area (TPSA) is 27.1 Å². The van der Waals surface area contributed by atoms with Crippen LogP contribution in [0.25, 0.3) is 10.9 Å². The highest BCUT2D eigenvalue weighted by atomic mass is 35.5. The molecule has 0 aliphatic carbocycles. The number of benzene rings is 1. The van der Waals surface area contributed by atoms with Crippen LogP contribution >= 0.6 is 11.6 Å². The van der Waals surface area contributed by atoms with E-state index in [1.807, 2.05) is 53.2 Å². The molecule has 0 aliphatic heterocycles. The van der Waals surface area contributed by atoms with Crippen LogP contribution in [-0.2, 0) is 18.1 Å². The van der Waals surface area contributed by atoms with Gasteiger partial charge in [-0.05, 0) is 17.7 Å². The molecule has 3 nitrogen and oxygen atoms in total. The predicted octanol–water partition coefficient (Wildman–Crippen LogP) is 3.86. The maximum Gasteiger partial charge on any atom is 0.153 e. The number of halogens is 1. The summed E-state index contributed by atoms with van der Waals surface area (Å²) in [4.78, 5) is 4.10. The Kier molecular flexibility index (Phi) is 3.49. The molecule has 0 bridgehead atoms. The first-order chi connectivity index (χ1) is 9.34. The van der Waals surface area contributed by atoms with Crippen molar-refractivity contribution in [1.29, 1.82) is 0 Å². The Morgan fingerprint density at radius 2 is 1.95 bits per heavy atom. The van der Waals surface area contributed by atoms with Crippen molar-refractivity contribution in [2.45, 2.75) is 13.3 Å². The fourth-order valence-electron chi connectivity index (χ4n) is 2.05. The van der Waals surface area contributed by atoms with Crippen molar-refractivity contribution in [2.75, 3.05) is 0 Å². The highest BCUT2D eigenvalue weighted by Gasteiger charge is 2.05. The van der Waals surface area contributed by atoms with Gasteiger partial charge in [-0.3, -0.25) is 0 Å². The molecule has 2 heterocycles. The zero-order chi connectivity index (χ0) is 13.1. The molecule has 3 rings (SSSR count). The summed E-state index contributed by atoms with van der Waals surface area (Å²) in [5.74, 6) is 0. The largest absolute Gasteiger partial charge is 0.356 e. The third-order valence-corrected chi connectivity index (χ3v) is 3.25. The van der Waals surface area contributed by atoms with Crippen molar-refractivity contribution in [1.82, 2.24) is 9.55 Å². The quantitative estimate of drug-likeness (QED) is 0.674. The van der Waals surface area contributed by atoms with Crippen molar-refractivity contribution in [3.05, 3.63) is 65.6 Å². The van der Waals surface area contributed by atoms with Crippen molar-refractivity contribution < 1.29 is 4.74 Å². The van der Waals surface area contributed by atoms with Gasteiger partial charge in [0.05, 0.1) is 12.1 Å². The zero-order valence-corrected chi connectivity index (χ0v) is 11.0.